The van der Waals surface area contributed by atoms with Crippen molar-refractivity contribution >= 4 is 5.91 Å². The maximum absolute atomic E-state index is 12.3. The minimum atomic E-state index is -1.20. The number of aromatic nitrogens is 4. The lowest BCUT2D eigenvalue weighted by atomic mass is 10.00. The van der Waals surface area contributed by atoms with Crippen LogP contribution in [0.5, 0.6) is 0 Å². The van der Waals surface area contributed by atoms with Gasteiger partial charge in [0.2, 0.25) is 0 Å². The summed E-state index contributed by atoms with van der Waals surface area (Å²) in [5.41, 5.74) is 2.57. The topological polar surface area (TPSA) is 95.8 Å². The fourth-order valence-electron chi connectivity index (χ4n) is 2.46. The molecule has 0 spiro atoms. The molecule has 0 aliphatic carbocycles. The molecule has 0 bridgehead atoms. The Hall–Kier alpha value is -2.93. The van der Waals surface area contributed by atoms with Crippen LogP contribution in [0.4, 0.5) is 0 Å². The molecule has 0 saturated heterocycles. The van der Waals surface area contributed by atoms with E-state index in [0.717, 1.165) is 11.1 Å². The van der Waals surface area contributed by atoms with Gasteiger partial charge in [0, 0.05) is 24.4 Å². The largest absolute Gasteiger partial charge is 0.383 e. The first-order valence-electron chi connectivity index (χ1n) is 7.97. The van der Waals surface area contributed by atoms with Crippen molar-refractivity contribution in [3.8, 4) is 11.3 Å². The number of aliphatic hydroxyl groups is 1. The van der Waals surface area contributed by atoms with Crippen molar-refractivity contribution in [2.45, 2.75) is 19.4 Å². The zero-order valence-electron chi connectivity index (χ0n) is 14.4. The van der Waals surface area contributed by atoms with Crippen molar-refractivity contribution < 1.29 is 9.90 Å². The van der Waals surface area contributed by atoms with E-state index in [1.54, 1.807) is 37.1 Å². The van der Waals surface area contributed by atoms with Gasteiger partial charge >= 0.3 is 0 Å². The number of amides is 1. The molecule has 3 aromatic rings. The molecular formula is C18H21N5O2. The molecule has 0 aliphatic rings. The zero-order chi connectivity index (χ0) is 18.0. The lowest BCUT2D eigenvalue weighted by Gasteiger charge is -2.21. The minimum absolute atomic E-state index is 0.0659. The monoisotopic (exact) mass is 339 g/mol. The smallest absolute Gasteiger partial charge is 0.269 e. The van der Waals surface area contributed by atoms with E-state index in [9.17, 15) is 9.90 Å². The number of carbonyl (C=O) groups is 1. The van der Waals surface area contributed by atoms with E-state index in [4.69, 9.17) is 0 Å². The number of aryl methyl sites for hydroxylation is 2. The number of nitrogens with one attached hydrogen (secondary N) is 2. The molecule has 3 rings (SSSR count). The van der Waals surface area contributed by atoms with Crippen LogP contribution in [0.3, 0.4) is 0 Å². The second kappa shape index (κ2) is 6.52. The van der Waals surface area contributed by atoms with Gasteiger partial charge in [-0.1, -0.05) is 29.8 Å². The second-order valence-corrected chi connectivity index (χ2v) is 6.39. The van der Waals surface area contributed by atoms with E-state index in [-0.39, 0.29) is 12.5 Å². The van der Waals surface area contributed by atoms with Crippen LogP contribution < -0.4 is 5.32 Å². The van der Waals surface area contributed by atoms with Gasteiger partial charge < -0.3 is 10.4 Å². The highest BCUT2D eigenvalue weighted by molar-refractivity contribution is 5.93. The molecule has 7 heteroatoms. The fraction of sp³-hybridized carbons (Fsp3) is 0.278. The molecule has 0 aliphatic heterocycles. The van der Waals surface area contributed by atoms with Crippen molar-refractivity contribution in [2.24, 2.45) is 7.05 Å². The molecule has 0 fully saturated rings. The molecule has 25 heavy (non-hydrogen) atoms. The van der Waals surface area contributed by atoms with Crippen LogP contribution in [0.1, 0.15) is 28.5 Å². The van der Waals surface area contributed by atoms with Crippen molar-refractivity contribution in [1.82, 2.24) is 25.3 Å². The number of benzene rings is 1. The Labute approximate surface area is 145 Å². The molecule has 130 valence electrons. The van der Waals surface area contributed by atoms with Gasteiger partial charge in [-0.3, -0.25) is 14.6 Å². The van der Waals surface area contributed by atoms with Crippen molar-refractivity contribution in [3.63, 3.8) is 0 Å². The fourth-order valence-corrected chi connectivity index (χ4v) is 2.46. The first-order valence-corrected chi connectivity index (χ1v) is 7.97. The van der Waals surface area contributed by atoms with Crippen LogP contribution in [0.25, 0.3) is 11.3 Å². The minimum Gasteiger partial charge on any atom is -0.383 e. The van der Waals surface area contributed by atoms with Gasteiger partial charge in [0.25, 0.3) is 5.91 Å². The maximum Gasteiger partial charge on any atom is 0.269 e. The quantitative estimate of drug-likeness (QED) is 0.660. The van der Waals surface area contributed by atoms with Crippen LogP contribution in [0, 0.1) is 6.92 Å². The maximum atomic E-state index is 12.3. The summed E-state index contributed by atoms with van der Waals surface area (Å²) in [6.45, 7) is 3.72. The number of rotatable bonds is 5. The number of hydrogen-bond acceptors (Lipinski definition) is 4. The van der Waals surface area contributed by atoms with Crippen LogP contribution in [0.2, 0.25) is 0 Å². The van der Waals surface area contributed by atoms with Gasteiger partial charge in [-0.2, -0.15) is 10.2 Å². The predicted molar refractivity (Wildman–Crippen MR) is 93.9 cm³/mol. The van der Waals surface area contributed by atoms with Gasteiger partial charge in [-0.15, -0.1) is 0 Å². The molecule has 1 aromatic carbocycles. The number of carbonyl (C=O) groups excluding carboxylic acids is 1. The average molecular weight is 339 g/mol. The van der Waals surface area contributed by atoms with E-state index < -0.39 is 5.60 Å². The highest BCUT2D eigenvalue weighted by atomic mass is 16.3. The van der Waals surface area contributed by atoms with Gasteiger partial charge in [0.15, 0.2) is 0 Å². The molecule has 0 radical (unpaired) electrons. The van der Waals surface area contributed by atoms with Crippen molar-refractivity contribution in [3.05, 3.63) is 59.5 Å². The van der Waals surface area contributed by atoms with Gasteiger partial charge in [0.1, 0.15) is 11.3 Å². The molecule has 2 aromatic heterocycles. The Balaban J connectivity index is 1.67. The van der Waals surface area contributed by atoms with Crippen LogP contribution in [-0.2, 0) is 12.6 Å². The Morgan fingerprint density at radius 1 is 1.36 bits per heavy atom. The highest BCUT2D eigenvalue weighted by Crippen LogP contribution is 2.20. The molecule has 1 unspecified atom stereocenters. The number of aromatic amines is 1. The third-order valence-electron chi connectivity index (χ3n) is 4.09. The van der Waals surface area contributed by atoms with E-state index in [1.807, 2.05) is 31.2 Å². The molecule has 1 amide bonds. The van der Waals surface area contributed by atoms with Gasteiger partial charge in [0.05, 0.1) is 18.4 Å². The molecule has 7 nitrogen and oxygen atoms in total. The molecule has 2 heterocycles. The van der Waals surface area contributed by atoms with Gasteiger partial charge in [-0.05, 0) is 19.9 Å². The van der Waals surface area contributed by atoms with Crippen molar-refractivity contribution in [2.75, 3.05) is 6.54 Å². The third kappa shape index (κ3) is 3.77. The Kier molecular flexibility index (Phi) is 4.41. The summed E-state index contributed by atoms with van der Waals surface area (Å²) >= 11 is 0. The van der Waals surface area contributed by atoms with Crippen molar-refractivity contribution in [1.29, 1.82) is 0 Å². The SMILES string of the molecule is Cc1ccc(-c2cc(C(=O)NCC(C)(O)c3cnn(C)c3)[nH]n2)cc1. The average Bonchev–Trinajstić information content (AvgIpc) is 3.23. The van der Waals surface area contributed by atoms with Crippen LogP contribution in [-0.4, -0.2) is 37.5 Å². The Morgan fingerprint density at radius 3 is 2.72 bits per heavy atom. The second-order valence-electron chi connectivity index (χ2n) is 6.39. The normalized spacial score (nSPS) is 13.4. The Morgan fingerprint density at radius 2 is 2.08 bits per heavy atom. The summed E-state index contributed by atoms with van der Waals surface area (Å²) in [5, 5.41) is 24.2. The third-order valence-corrected chi connectivity index (χ3v) is 4.09. The first-order chi connectivity index (χ1) is 11.8. The van der Waals surface area contributed by atoms with Crippen LogP contribution in [0.15, 0.2) is 42.7 Å². The Bertz CT molecular complexity index is 877. The first kappa shape index (κ1) is 16.9. The summed E-state index contributed by atoms with van der Waals surface area (Å²) in [7, 11) is 1.77. The summed E-state index contributed by atoms with van der Waals surface area (Å²) in [6.07, 6.45) is 3.30. The van der Waals surface area contributed by atoms with E-state index >= 15 is 0 Å². The summed E-state index contributed by atoms with van der Waals surface area (Å²) in [4.78, 5) is 12.3. The summed E-state index contributed by atoms with van der Waals surface area (Å²) in [5.74, 6) is -0.324. The number of nitrogens with zero attached hydrogens (tertiary/aromatic N) is 3. The van der Waals surface area contributed by atoms with Crippen LogP contribution >= 0.6 is 0 Å². The van der Waals surface area contributed by atoms with E-state index in [2.05, 4.69) is 20.6 Å². The molecule has 1 atom stereocenters. The number of hydrogen-bond donors (Lipinski definition) is 3. The molecule has 0 saturated carbocycles. The lowest BCUT2D eigenvalue weighted by Crippen LogP contribution is -2.38. The lowest BCUT2D eigenvalue weighted by molar-refractivity contribution is 0.0524. The van der Waals surface area contributed by atoms with E-state index in [0.29, 0.717) is 17.0 Å². The summed E-state index contributed by atoms with van der Waals surface area (Å²) in [6, 6.07) is 9.60. The van der Waals surface area contributed by atoms with E-state index in [1.165, 1.54) is 0 Å². The van der Waals surface area contributed by atoms with Gasteiger partial charge in [-0.25, -0.2) is 0 Å². The predicted octanol–water partition coefficient (Wildman–Crippen LogP) is 1.76. The standard InChI is InChI=1S/C18H21N5O2/c1-12-4-6-13(7-5-12)15-8-16(22-21-15)17(24)19-11-18(2,25)14-9-20-23(3)10-14/h4-10,25H,11H2,1-3H3,(H,19,24)(H,21,22). The molecular weight excluding hydrogens is 318 g/mol. The number of H-pyrrole nitrogens is 1. The molecule has 3 N–H and O–H groups in total. The zero-order valence-corrected chi connectivity index (χ0v) is 14.4. The highest BCUT2D eigenvalue weighted by Gasteiger charge is 2.26. The summed E-state index contributed by atoms with van der Waals surface area (Å²) < 4.78 is 1.61.